The molecule has 0 amide bonds. The predicted octanol–water partition coefficient (Wildman–Crippen LogP) is 3.41. The number of nitrogens with one attached hydrogen (secondary N) is 2. The highest BCUT2D eigenvalue weighted by Crippen LogP contribution is 2.34. The van der Waals surface area contributed by atoms with Crippen LogP contribution in [0.1, 0.15) is 35.4 Å². The largest absolute Gasteiger partial charge is 0.482 e. The van der Waals surface area contributed by atoms with Gasteiger partial charge in [-0.2, -0.15) is 0 Å². The number of ketones is 1. The first-order valence-electron chi connectivity index (χ1n) is 8.11. The molecule has 1 aliphatic rings. The molecule has 2 N–H and O–H groups in total. The molecule has 0 saturated heterocycles. The molecule has 3 rings (SSSR count). The van der Waals surface area contributed by atoms with Gasteiger partial charge in [0.1, 0.15) is 11.9 Å². The van der Waals surface area contributed by atoms with Crippen molar-refractivity contribution in [3.63, 3.8) is 0 Å². The van der Waals surface area contributed by atoms with Crippen LogP contribution in [0.5, 0.6) is 5.75 Å². The minimum Gasteiger partial charge on any atom is -0.482 e. The second-order valence-electron chi connectivity index (χ2n) is 5.71. The molecule has 2 aromatic carbocycles. The summed E-state index contributed by atoms with van der Waals surface area (Å²) in [5.41, 5.74) is 2.75. The van der Waals surface area contributed by atoms with E-state index < -0.39 is 0 Å². The van der Waals surface area contributed by atoms with Gasteiger partial charge in [0.25, 0.3) is 0 Å². The fourth-order valence-corrected chi connectivity index (χ4v) is 2.68. The fraction of sp³-hybridized carbons (Fsp3) is 0.316. The van der Waals surface area contributed by atoms with E-state index in [1.54, 1.807) is 0 Å². The molecule has 0 fully saturated rings. The summed E-state index contributed by atoms with van der Waals surface area (Å²) in [7, 11) is 0. The standard InChI is InChI=1S/C19H22N2O2/c1-2-10-20-12-17(22)15-8-9-18-16(11-15)21-13-19(23-18)14-6-4-3-5-7-14/h3-9,11,19-21H,2,10,12-13H2,1H3. The molecule has 1 aliphatic heterocycles. The van der Waals surface area contributed by atoms with Gasteiger partial charge in [-0.3, -0.25) is 4.79 Å². The van der Waals surface area contributed by atoms with E-state index >= 15 is 0 Å². The van der Waals surface area contributed by atoms with Crippen molar-refractivity contribution in [2.45, 2.75) is 19.4 Å². The summed E-state index contributed by atoms with van der Waals surface area (Å²) in [6.45, 7) is 4.01. The van der Waals surface area contributed by atoms with Gasteiger partial charge in [0.05, 0.1) is 18.8 Å². The molecule has 0 saturated carbocycles. The average Bonchev–Trinajstić information content (AvgIpc) is 2.61. The van der Waals surface area contributed by atoms with Crippen molar-refractivity contribution in [3.8, 4) is 5.75 Å². The van der Waals surface area contributed by atoms with Gasteiger partial charge in [0.15, 0.2) is 5.78 Å². The van der Waals surface area contributed by atoms with E-state index in [0.717, 1.165) is 30.0 Å². The van der Waals surface area contributed by atoms with Crippen molar-refractivity contribution in [2.75, 3.05) is 25.0 Å². The van der Waals surface area contributed by atoms with Gasteiger partial charge in [-0.25, -0.2) is 0 Å². The Morgan fingerprint density at radius 3 is 2.87 bits per heavy atom. The zero-order valence-corrected chi connectivity index (χ0v) is 13.3. The Kier molecular flexibility index (Phi) is 4.93. The van der Waals surface area contributed by atoms with E-state index in [0.29, 0.717) is 18.7 Å². The van der Waals surface area contributed by atoms with Crippen LogP contribution in [0.2, 0.25) is 0 Å². The topological polar surface area (TPSA) is 50.4 Å². The number of rotatable bonds is 6. The smallest absolute Gasteiger partial charge is 0.176 e. The number of Topliss-reactive ketones (excluding diaryl/α,β-unsaturated/α-hetero) is 1. The Hall–Kier alpha value is -2.33. The van der Waals surface area contributed by atoms with Gasteiger partial charge in [-0.15, -0.1) is 0 Å². The lowest BCUT2D eigenvalue weighted by atomic mass is 10.1. The second kappa shape index (κ2) is 7.29. The van der Waals surface area contributed by atoms with E-state index in [2.05, 4.69) is 29.7 Å². The Morgan fingerprint density at radius 1 is 1.26 bits per heavy atom. The van der Waals surface area contributed by atoms with Crippen LogP contribution in [0.25, 0.3) is 0 Å². The quantitative estimate of drug-likeness (QED) is 0.634. The van der Waals surface area contributed by atoms with Crippen LogP contribution in [0.3, 0.4) is 0 Å². The zero-order chi connectivity index (χ0) is 16.1. The van der Waals surface area contributed by atoms with Crippen molar-refractivity contribution < 1.29 is 9.53 Å². The van der Waals surface area contributed by atoms with Crippen LogP contribution >= 0.6 is 0 Å². The molecular weight excluding hydrogens is 288 g/mol. The lowest BCUT2D eigenvalue weighted by Crippen LogP contribution is -2.25. The van der Waals surface area contributed by atoms with Crippen molar-refractivity contribution in [1.29, 1.82) is 0 Å². The molecule has 23 heavy (non-hydrogen) atoms. The number of carbonyl (C=O) groups is 1. The van der Waals surface area contributed by atoms with E-state index in [-0.39, 0.29) is 11.9 Å². The van der Waals surface area contributed by atoms with E-state index in [1.165, 1.54) is 0 Å². The number of benzene rings is 2. The summed E-state index contributed by atoms with van der Waals surface area (Å²) >= 11 is 0. The fourth-order valence-electron chi connectivity index (χ4n) is 2.68. The third-order valence-corrected chi connectivity index (χ3v) is 3.93. The Bertz CT molecular complexity index is 670. The van der Waals surface area contributed by atoms with Gasteiger partial charge in [0, 0.05) is 5.56 Å². The Balaban J connectivity index is 1.70. The lowest BCUT2D eigenvalue weighted by molar-refractivity contribution is 0.0991. The molecule has 120 valence electrons. The molecule has 4 nitrogen and oxygen atoms in total. The molecule has 0 bridgehead atoms. The van der Waals surface area contributed by atoms with Crippen LogP contribution in [-0.4, -0.2) is 25.4 Å². The Morgan fingerprint density at radius 2 is 2.09 bits per heavy atom. The van der Waals surface area contributed by atoms with Gasteiger partial charge < -0.3 is 15.4 Å². The number of anilines is 1. The van der Waals surface area contributed by atoms with E-state index in [4.69, 9.17) is 4.74 Å². The molecular formula is C19H22N2O2. The number of hydrogen-bond donors (Lipinski definition) is 2. The first kappa shape index (κ1) is 15.6. The second-order valence-corrected chi connectivity index (χ2v) is 5.71. The summed E-state index contributed by atoms with van der Waals surface area (Å²) in [4.78, 5) is 12.2. The Labute approximate surface area is 136 Å². The van der Waals surface area contributed by atoms with Crippen molar-refractivity contribution in [1.82, 2.24) is 5.32 Å². The minimum absolute atomic E-state index is 0.00327. The third kappa shape index (κ3) is 3.71. The molecule has 0 aromatic heterocycles. The molecule has 0 aliphatic carbocycles. The van der Waals surface area contributed by atoms with Crippen molar-refractivity contribution >= 4 is 11.5 Å². The maximum absolute atomic E-state index is 12.2. The van der Waals surface area contributed by atoms with Crippen LogP contribution < -0.4 is 15.4 Å². The molecule has 1 unspecified atom stereocenters. The molecule has 1 heterocycles. The molecule has 0 spiro atoms. The van der Waals surface area contributed by atoms with Crippen LogP contribution in [0.4, 0.5) is 5.69 Å². The number of carbonyl (C=O) groups excluding carboxylic acids is 1. The molecule has 1 atom stereocenters. The van der Waals surface area contributed by atoms with Gasteiger partial charge >= 0.3 is 0 Å². The monoisotopic (exact) mass is 310 g/mol. The number of hydrogen-bond acceptors (Lipinski definition) is 4. The minimum atomic E-state index is -0.00327. The predicted molar refractivity (Wildman–Crippen MR) is 92.2 cm³/mol. The summed E-state index contributed by atoms with van der Waals surface area (Å²) in [5.74, 6) is 0.899. The molecule has 2 aromatic rings. The van der Waals surface area contributed by atoms with Gasteiger partial charge in [-0.1, -0.05) is 37.3 Å². The summed E-state index contributed by atoms with van der Waals surface area (Å²) < 4.78 is 6.06. The third-order valence-electron chi connectivity index (χ3n) is 3.93. The molecule has 4 heteroatoms. The van der Waals surface area contributed by atoms with E-state index in [9.17, 15) is 4.79 Å². The van der Waals surface area contributed by atoms with Gasteiger partial charge in [0.2, 0.25) is 0 Å². The first-order chi connectivity index (χ1) is 11.3. The summed E-state index contributed by atoms with van der Waals surface area (Å²) in [6, 6.07) is 15.8. The van der Waals surface area contributed by atoms with E-state index in [1.807, 2.05) is 36.4 Å². The van der Waals surface area contributed by atoms with Gasteiger partial charge in [-0.05, 0) is 36.7 Å². The highest BCUT2D eigenvalue weighted by molar-refractivity contribution is 5.98. The SMILES string of the molecule is CCCNCC(=O)c1ccc2c(c1)NCC(c1ccccc1)O2. The molecule has 0 radical (unpaired) electrons. The lowest BCUT2D eigenvalue weighted by Gasteiger charge is -2.28. The summed E-state index contributed by atoms with van der Waals surface area (Å²) in [6.07, 6.45) is 1.02. The summed E-state index contributed by atoms with van der Waals surface area (Å²) in [5, 5.41) is 6.52. The normalized spacial score (nSPS) is 16.1. The maximum atomic E-state index is 12.2. The number of ether oxygens (including phenoxy) is 1. The highest BCUT2D eigenvalue weighted by atomic mass is 16.5. The zero-order valence-electron chi connectivity index (χ0n) is 13.3. The van der Waals surface area contributed by atoms with Crippen molar-refractivity contribution in [2.24, 2.45) is 0 Å². The highest BCUT2D eigenvalue weighted by Gasteiger charge is 2.21. The average molecular weight is 310 g/mol. The maximum Gasteiger partial charge on any atom is 0.176 e. The first-order valence-corrected chi connectivity index (χ1v) is 8.11. The van der Waals surface area contributed by atoms with Crippen LogP contribution in [0.15, 0.2) is 48.5 Å². The van der Waals surface area contributed by atoms with Crippen LogP contribution in [-0.2, 0) is 0 Å². The number of fused-ring (bicyclic) bond motifs is 1. The van der Waals surface area contributed by atoms with Crippen molar-refractivity contribution in [3.05, 3.63) is 59.7 Å². The van der Waals surface area contributed by atoms with Crippen LogP contribution in [0, 0.1) is 0 Å².